The fourth-order valence-electron chi connectivity index (χ4n) is 2.56. The predicted molar refractivity (Wildman–Crippen MR) is 99.3 cm³/mol. The maximum absolute atomic E-state index is 13.3. The highest BCUT2D eigenvalue weighted by atomic mass is 32.2. The van der Waals surface area contributed by atoms with E-state index >= 15 is 0 Å². The number of para-hydroxylation sites is 1. The summed E-state index contributed by atoms with van der Waals surface area (Å²) in [7, 11) is -2.40. The van der Waals surface area contributed by atoms with Crippen molar-refractivity contribution < 1.29 is 17.9 Å². The van der Waals surface area contributed by atoms with E-state index in [0.717, 1.165) is 11.3 Å². The highest BCUT2D eigenvalue weighted by Gasteiger charge is 2.32. The number of methoxy groups -OCH3 is 1. The third-order valence-electron chi connectivity index (χ3n) is 3.54. The van der Waals surface area contributed by atoms with E-state index in [0.29, 0.717) is 28.2 Å². The molecule has 0 fully saturated rings. The van der Waals surface area contributed by atoms with Crippen molar-refractivity contribution in [2.45, 2.75) is 31.9 Å². The van der Waals surface area contributed by atoms with Gasteiger partial charge < -0.3 is 4.74 Å². The van der Waals surface area contributed by atoms with Gasteiger partial charge in [-0.1, -0.05) is 19.9 Å². The molecule has 0 atom stereocenters. The molecule has 0 unspecified atom stereocenters. The van der Waals surface area contributed by atoms with Crippen molar-refractivity contribution in [1.82, 2.24) is 4.98 Å². The summed E-state index contributed by atoms with van der Waals surface area (Å²) in [6, 6.07) is 4.89. The first kappa shape index (κ1) is 19.4. The van der Waals surface area contributed by atoms with Crippen LogP contribution in [0.5, 0.6) is 5.75 Å². The van der Waals surface area contributed by atoms with Crippen LogP contribution in [0.4, 0.5) is 5.69 Å². The lowest BCUT2D eigenvalue weighted by atomic mass is 10.1. The maximum Gasteiger partial charge on any atom is 0.275 e. The fourth-order valence-corrected chi connectivity index (χ4v) is 5.78. The lowest BCUT2D eigenvalue weighted by Crippen LogP contribution is -2.34. The molecule has 6 nitrogen and oxygen atoms in total. The zero-order valence-corrected chi connectivity index (χ0v) is 16.6. The molecule has 136 valence electrons. The summed E-state index contributed by atoms with van der Waals surface area (Å²) >= 11 is 1.14. The molecule has 1 heterocycles. The van der Waals surface area contributed by atoms with Gasteiger partial charge in [0, 0.05) is 6.54 Å². The van der Waals surface area contributed by atoms with Gasteiger partial charge >= 0.3 is 0 Å². The number of hydrogen-bond donors (Lipinski definition) is 0. The first-order valence-electron chi connectivity index (χ1n) is 7.81. The number of rotatable bonds is 7. The highest BCUT2D eigenvalue weighted by Crippen LogP contribution is 2.37. The number of aromatic nitrogens is 1. The summed E-state index contributed by atoms with van der Waals surface area (Å²) in [5.41, 5.74) is 1.13. The van der Waals surface area contributed by atoms with E-state index in [4.69, 9.17) is 4.74 Å². The second-order valence-corrected chi connectivity index (χ2v) is 9.31. The molecular formula is C17H22N2O4S2. The number of sulfonamides is 1. The van der Waals surface area contributed by atoms with Crippen LogP contribution in [0, 0.1) is 19.8 Å². The zero-order chi connectivity index (χ0) is 18.8. The molecule has 1 aromatic carbocycles. The second kappa shape index (κ2) is 7.53. The smallest absolute Gasteiger partial charge is 0.275 e. The first-order chi connectivity index (χ1) is 11.7. The fraction of sp³-hybridized carbons (Fsp3) is 0.412. The number of nitrogens with zero attached hydrogens (tertiary/aromatic N) is 2. The standard InChI is InChI=1S/C17H22N2O4S2/c1-11(2)9-19(15-8-6-7-14(10-20)16(15)23-5)25(21,22)17-12(3)18-13(4)24-17/h6-8,10-11H,9H2,1-5H3. The number of ether oxygens (including phenoxy) is 1. The summed E-state index contributed by atoms with van der Waals surface area (Å²) in [6.45, 7) is 7.59. The van der Waals surface area contributed by atoms with Gasteiger partial charge in [0.25, 0.3) is 10.0 Å². The summed E-state index contributed by atoms with van der Waals surface area (Å²) in [4.78, 5) is 15.5. The van der Waals surface area contributed by atoms with Gasteiger partial charge in [0.15, 0.2) is 16.2 Å². The van der Waals surface area contributed by atoms with Crippen molar-refractivity contribution in [2.75, 3.05) is 18.0 Å². The van der Waals surface area contributed by atoms with Gasteiger partial charge in [-0.3, -0.25) is 9.10 Å². The van der Waals surface area contributed by atoms with Gasteiger partial charge in [-0.25, -0.2) is 13.4 Å². The van der Waals surface area contributed by atoms with Gasteiger partial charge in [-0.05, 0) is 31.9 Å². The average Bonchev–Trinajstić information content (AvgIpc) is 2.90. The van der Waals surface area contributed by atoms with Crippen molar-refractivity contribution >= 4 is 33.3 Å². The van der Waals surface area contributed by atoms with E-state index in [1.54, 1.807) is 32.0 Å². The highest BCUT2D eigenvalue weighted by molar-refractivity contribution is 7.94. The van der Waals surface area contributed by atoms with Crippen molar-refractivity contribution in [2.24, 2.45) is 5.92 Å². The van der Waals surface area contributed by atoms with Gasteiger partial charge in [0.2, 0.25) is 0 Å². The van der Waals surface area contributed by atoms with Crippen LogP contribution in [0.1, 0.15) is 34.9 Å². The number of carbonyl (C=O) groups is 1. The lowest BCUT2D eigenvalue weighted by Gasteiger charge is -2.27. The Balaban J connectivity index is 2.69. The lowest BCUT2D eigenvalue weighted by molar-refractivity contribution is 0.112. The molecule has 0 saturated heterocycles. The molecular weight excluding hydrogens is 360 g/mol. The summed E-state index contributed by atoms with van der Waals surface area (Å²) in [5, 5.41) is 0.689. The molecule has 0 radical (unpaired) electrons. The Kier molecular flexibility index (Phi) is 5.84. The second-order valence-electron chi connectivity index (χ2n) is 6.05. The largest absolute Gasteiger partial charge is 0.494 e. The topological polar surface area (TPSA) is 76.6 Å². The monoisotopic (exact) mass is 382 g/mol. The zero-order valence-electron chi connectivity index (χ0n) is 14.9. The Labute approximate surface area is 152 Å². The first-order valence-corrected chi connectivity index (χ1v) is 10.1. The van der Waals surface area contributed by atoms with Gasteiger partial charge in [-0.15, -0.1) is 11.3 Å². The Morgan fingerprint density at radius 3 is 2.48 bits per heavy atom. The average molecular weight is 383 g/mol. The van der Waals surface area contributed by atoms with Crippen molar-refractivity contribution in [3.05, 3.63) is 34.5 Å². The van der Waals surface area contributed by atoms with Crippen molar-refractivity contribution in [1.29, 1.82) is 0 Å². The third kappa shape index (κ3) is 3.85. The summed E-state index contributed by atoms with van der Waals surface area (Å²) < 4.78 is 33.5. The molecule has 0 aliphatic heterocycles. The van der Waals surface area contributed by atoms with E-state index in [1.165, 1.54) is 11.4 Å². The maximum atomic E-state index is 13.3. The van der Waals surface area contributed by atoms with Crippen LogP contribution in [0.3, 0.4) is 0 Å². The molecule has 2 aromatic rings. The van der Waals surface area contributed by atoms with Crippen LogP contribution < -0.4 is 9.04 Å². The van der Waals surface area contributed by atoms with Crippen LogP contribution in [0.15, 0.2) is 22.4 Å². The molecule has 0 amide bonds. The van der Waals surface area contributed by atoms with Crippen molar-refractivity contribution in [3.8, 4) is 5.75 Å². The number of aldehydes is 1. The molecule has 8 heteroatoms. The molecule has 0 aliphatic carbocycles. The van der Waals surface area contributed by atoms with Crippen LogP contribution in [-0.4, -0.2) is 33.3 Å². The number of anilines is 1. The number of hydrogen-bond acceptors (Lipinski definition) is 6. The third-order valence-corrected chi connectivity index (χ3v) is 6.98. The Bertz CT molecular complexity index is 873. The van der Waals surface area contributed by atoms with Gasteiger partial charge in [-0.2, -0.15) is 0 Å². The van der Waals surface area contributed by atoms with Crippen LogP contribution >= 0.6 is 11.3 Å². The minimum Gasteiger partial charge on any atom is -0.494 e. The molecule has 25 heavy (non-hydrogen) atoms. The van der Waals surface area contributed by atoms with E-state index in [9.17, 15) is 13.2 Å². The molecule has 0 saturated carbocycles. The minimum atomic E-state index is -3.82. The number of carbonyl (C=O) groups excluding carboxylic acids is 1. The Morgan fingerprint density at radius 2 is 2.00 bits per heavy atom. The normalized spacial score (nSPS) is 11.6. The predicted octanol–water partition coefficient (Wildman–Crippen LogP) is 3.43. The number of thiazole rings is 1. The SMILES string of the molecule is COc1c(C=O)cccc1N(CC(C)C)S(=O)(=O)c1sc(C)nc1C. The number of aryl methyl sites for hydroxylation is 2. The Hall–Kier alpha value is -1.93. The molecule has 0 N–H and O–H groups in total. The van der Waals surface area contributed by atoms with E-state index in [-0.39, 0.29) is 22.4 Å². The Morgan fingerprint density at radius 1 is 1.32 bits per heavy atom. The quantitative estimate of drug-likeness (QED) is 0.686. The van der Waals surface area contributed by atoms with E-state index in [2.05, 4.69) is 4.98 Å². The molecule has 2 rings (SSSR count). The number of benzene rings is 1. The summed E-state index contributed by atoms with van der Waals surface area (Å²) in [5.74, 6) is 0.328. The van der Waals surface area contributed by atoms with Crippen LogP contribution in [-0.2, 0) is 10.0 Å². The van der Waals surface area contributed by atoms with Gasteiger partial charge in [0.05, 0.1) is 29.1 Å². The van der Waals surface area contributed by atoms with Crippen LogP contribution in [0.2, 0.25) is 0 Å². The minimum absolute atomic E-state index is 0.0775. The summed E-state index contributed by atoms with van der Waals surface area (Å²) in [6.07, 6.45) is 0.657. The molecule has 0 spiro atoms. The molecule has 1 aromatic heterocycles. The van der Waals surface area contributed by atoms with Gasteiger partial charge in [0.1, 0.15) is 0 Å². The molecule has 0 aliphatic rings. The van der Waals surface area contributed by atoms with E-state index < -0.39 is 10.0 Å². The van der Waals surface area contributed by atoms with Crippen molar-refractivity contribution in [3.63, 3.8) is 0 Å². The molecule has 0 bridgehead atoms. The van der Waals surface area contributed by atoms with E-state index in [1.807, 2.05) is 13.8 Å². The van der Waals surface area contributed by atoms with Crippen LogP contribution in [0.25, 0.3) is 0 Å².